The van der Waals surface area contributed by atoms with Gasteiger partial charge in [0.2, 0.25) is 5.91 Å². The number of allylic oxidation sites excluding steroid dienone is 1. The second kappa shape index (κ2) is 11.2. The molecular formula is C30H42N2O5S. The average Bonchev–Trinajstić information content (AvgIpc) is 3.32. The largest absolute Gasteiger partial charge is 0.392 e. The number of ether oxygens (including phenoxy) is 1. The Morgan fingerprint density at radius 2 is 2.00 bits per heavy atom. The number of carbonyl (C=O) groups is 2. The minimum atomic E-state index is -1.21. The van der Waals surface area contributed by atoms with Crippen molar-refractivity contribution in [2.45, 2.75) is 103 Å². The maximum Gasteiger partial charge on any atom is 0.223 e. The standard InChI is InChI=1S/C30H42N2O5S/c1-7-9-20-27(35)17(2)10-8-13-30(6)25(37-30)15-21(19-11-12-23-22(14-19)31-18(3)38-23)32-26(34)16-24(33)29(4,5)28(20)36/h7,11-12,14,17,20-21,24-25,27,33,35H,1,8-10,13,15-16H2,2-6H3,(H,32,34)/t17-,20+,21-,24-,25-,27+,30+/m0/s1. The lowest BCUT2D eigenvalue weighted by atomic mass is 9.71. The molecule has 0 unspecified atom stereocenters. The molecule has 0 radical (unpaired) electrons. The molecule has 2 aliphatic heterocycles. The van der Waals surface area contributed by atoms with Gasteiger partial charge in [-0.25, -0.2) is 4.98 Å². The van der Waals surface area contributed by atoms with E-state index in [1.165, 1.54) is 0 Å². The van der Waals surface area contributed by atoms with Crippen LogP contribution in [0.1, 0.15) is 82.8 Å². The smallest absolute Gasteiger partial charge is 0.223 e. The molecule has 7 nitrogen and oxygen atoms in total. The number of aliphatic hydroxyl groups excluding tert-OH is 2. The van der Waals surface area contributed by atoms with Crippen LogP contribution < -0.4 is 5.32 Å². The van der Waals surface area contributed by atoms with Crippen molar-refractivity contribution in [1.29, 1.82) is 0 Å². The summed E-state index contributed by atoms with van der Waals surface area (Å²) in [6.07, 6.45) is 2.73. The first-order valence-corrected chi connectivity index (χ1v) is 14.5. The van der Waals surface area contributed by atoms with Gasteiger partial charge in [0.15, 0.2) is 0 Å². The van der Waals surface area contributed by atoms with Crippen molar-refractivity contribution in [1.82, 2.24) is 10.3 Å². The molecule has 1 amide bonds. The molecule has 0 bridgehead atoms. The topological polar surface area (TPSA) is 112 Å². The number of aliphatic hydroxyl groups is 2. The molecule has 2 aliphatic rings. The quantitative estimate of drug-likeness (QED) is 0.371. The first-order valence-electron chi connectivity index (χ1n) is 13.7. The van der Waals surface area contributed by atoms with E-state index in [0.717, 1.165) is 40.1 Å². The van der Waals surface area contributed by atoms with E-state index in [2.05, 4.69) is 23.8 Å². The zero-order chi connectivity index (χ0) is 27.8. The minimum Gasteiger partial charge on any atom is -0.392 e. The average molecular weight is 543 g/mol. The van der Waals surface area contributed by atoms with Crippen LogP contribution in [-0.4, -0.2) is 50.8 Å². The Morgan fingerprint density at radius 1 is 1.26 bits per heavy atom. The molecular weight excluding hydrogens is 500 g/mol. The lowest BCUT2D eigenvalue weighted by Gasteiger charge is -2.36. The van der Waals surface area contributed by atoms with Crippen molar-refractivity contribution < 1.29 is 24.5 Å². The number of aryl methyl sites for hydroxylation is 1. The third-order valence-electron chi connectivity index (χ3n) is 8.67. The van der Waals surface area contributed by atoms with Crippen molar-refractivity contribution >= 4 is 33.2 Å². The van der Waals surface area contributed by atoms with Crippen LogP contribution in [0.2, 0.25) is 0 Å². The van der Waals surface area contributed by atoms with Gasteiger partial charge < -0.3 is 20.3 Å². The predicted octanol–water partition coefficient (Wildman–Crippen LogP) is 5.03. The number of nitrogens with one attached hydrogen (secondary N) is 1. The van der Waals surface area contributed by atoms with Crippen LogP contribution in [0, 0.1) is 24.2 Å². The SMILES string of the molecule is C=CC[C@H]1C(=O)C(C)(C)[C@@H](O)CC(=O)N[C@H](c2ccc3sc(C)nc3c2)C[C@@H]2O[C@]2(C)CCC[C@H](C)[C@H]1O. The van der Waals surface area contributed by atoms with Crippen molar-refractivity contribution in [3.05, 3.63) is 41.4 Å². The molecule has 2 aromatic rings. The summed E-state index contributed by atoms with van der Waals surface area (Å²) in [7, 11) is 0. The van der Waals surface area contributed by atoms with Gasteiger partial charge in [0.1, 0.15) is 5.78 Å². The van der Waals surface area contributed by atoms with Gasteiger partial charge in [0, 0.05) is 12.3 Å². The number of nitrogens with zero attached hydrogens (tertiary/aromatic N) is 1. The number of carbonyl (C=O) groups excluding carboxylic acids is 2. The van der Waals surface area contributed by atoms with Gasteiger partial charge in [-0.3, -0.25) is 9.59 Å². The second-order valence-corrected chi connectivity index (χ2v) is 13.3. The van der Waals surface area contributed by atoms with Crippen molar-refractivity contribution in [2.75, 3.05) is 0 Å². The lowest BCUT2D eigenvalue weighted by Crippen LogP contribution is -2.47. The monoisotopic (exact) mass is 542 g/mol. The van der Waals surface area contributed by atoms with Crippen LogP contribution in [0.5, 0.6) is 0 Å². The molecule has 208 valence electrons. The third-order valence-corrected chi connectivity index (χ3v) is 9.63. The van der Waals surface area contributed by atoms with Gasteiger partial charge in [0.25, 0.3) is 0 Å². The Balaban J connectivity index is 1.63. The van der Waals surface area contributed by atoms with E-state index in [-0.39, 0.29) is 41.8 Å². The molecule has 1 aromatic heterocycles. The highest BCUT2D eigenvalue weighted by Crippen LogP contribution is 2.46. The molecule has 38 heavy (non-hydrogen) atoms. The maximum absolute atomic E-state index is 13.6. The van der Waals surface area contributed by atoms with Crippen LogP contribution >= 0.6 is 11.3 Å². The number of rotatable bonds is 3. The Morgan fingerprint density at radius 3 is 2.71 bits per heavy atom. The molecule has 1 aromatic carbocycles. The van der Waals surface area contributed by atoms with Gasteiger partial charge in [-0.05, 0) is 56.7 Å². The molecule has 3 heterocycles. The highest BCUT2D eigenvalue weighted by molar-refractivity contribution is 7.18. The Bertz CT molecular complexity index is 1190. The van der Waals surface area contributed by atoms with Crippen LogP contribution in [-0.2, 0) is 14.3 Å². The number of thiazole rings is 1. The highest BCUT2D eigenvalue weighted by Gasteiger charge is 2.52. The maximum atomic E-state index is 13.6. The van der Waals surface area contributed by atoms with Crippen LogP contribution in [0.15, 0.2) is 30.9 Å². The number of hydrogen-bond donors (Lipinski definition) is 3. The molecule has 7 atom stereocenters. The summed E-state index contributed by atoms with van der Waals surface area (Å²) >= 11 is 1.63. The number of aromatic nitrogens is 1. The van der Waals surface area contributed by atoms with Crippen molar-refractivity contribution in [3.63, 3.8) is 0 Å². The number of fused-ring (bicyclic) bond motifs is 2. The van der Waals surface area contributed by atoms with Crippen molar-refractivity contribution in [2.24, 2.45) is 17.3 Å². The summed E-state index contributed by atoms with van der Waals surface area (Å²) < 4.78 is 7.25. The minimum absolute atomic E-state index is 0.00902. The van der Waals surface area contributed by atoms with Crippen LogP contribution in [0.4, 0.5) is 0 Å². The van der Waals surface area contributed by atoms with Gasteiger partial charge in [0.05, 0.1) is 57.0 Å². The molecule has 3 N–H and O–H groups in total. The Hall–Kier alpha value is -2.13. The van der Waals surface area contributed by atoms with Crippen LogP contribution in [0.3, 0.4) is 0 Å². The zero-order valence-corrected chi connectivity index (χ0v) is 24.0. The van der Waals surface area contributed by atoms with E-state index in [9.17, 15) is 19.8 Å². The summed E-state index contributed by atoms with van der Waals surface area (Å²) in [6.45, 7) is 13.1. The summed E-state index contributed by atoms with van der Waals surface area (Å²) in [4.78, 5) is 31.5. The Kier molecular flexibility index (Phi) is 8.48. The molecule has 8 heteroatoms. The van der Waals surface area contributed by atoms with E-state index in [1.54, 1.807) is 31.3 Å². The summed E-state index contributed by atoms with van der Waals surface area (Å²) in [5, 5.41) is 26.3. The zero-order valence-electron chi connectivity index (χ0n) is 23.2. The fraction of sp³-hybridized carbons (Fsp3) is 0.633. The molecule has 2 fully saturated rings. The molecule has 0 aliphatic carbocycles. The lowest BCUT2D eigenvalue weighted by molar-refractivity contribution is -0.144. The van der Waals surface area contributed by atoms with E-state index in [4.69, 9.17) is 4.74 Å². The predicted molar refractivity (Wildman–Crippen MR) is 150 cm³/mol. The van der Waals surface area contributed by atoms with Crippen molar-refractivity contribution in [3.8, 4) is 0 Å². The number of ketones is 1. The highest BCUT2D eigenvalue weighted by atomic mass is 32.1. The first kappa shape index (κ1) is 28.9. The van der Waals surface area contributed by atoms with E-state index in [0.29, 0.717) is 12.8 Å². The Labute approximate surface area is 229 Å². The number of Topliss-reactive ketones (excluding diaryl/α,β-unsaturated/α-hetero) is 1. The summed E-state index contributed by atoms with van der Waals surface area (Å²) in [5.41, 5.74) is 0.346. The number of amides is 1. The molecule has 0 saturated carbocycles. The molecule has 4 rings (SSSR count). The molecule has 0 spiro atoms. The number of benzene rings is 1. The summed E-state index contributed by atoms with van der Waals surface area (Å²) in [6, 6.07) is 5.77. The first-order chi connectivity index (χ1) is 17.9. The van der Waals surface area contributed by atoms with E-state index < -0.39 is 23.5 Å². The second-order valence-electron chi connectivity index (χ2n) is 12.0. The van der Waals surface area contributed by atoms with E-state index >= 15 is 0 Å². The van der Waals surface area contributed by atoms with Gasteiger partial charge in [-0.15, -0.1) is 17.9 Å². The number of epoxide rings is 1. The molecule has 2 saturated heterocycles. The fourth-order valence-electron chi connectivity index (χ4n) is 5.83. The fourth-order valence-corrected chi connectivity index (χ4v) is 6.63. The van der Waals surface area contributed by atoms with Gasteiger partial charge in [-0.1, -0.05) is 39.3 Å². The normalized spacial score (nSPS) is 34.9. The van der Waals surface area contributed by atoms with Gasteiger partial charge in [-0.2, -0.15) is 0 Å². The van der Waals surface area contributed by atoms with Crippen LogP contribution in [0.25, 0.3) is 10.2 Å². The number of hydrogen-bond acceptors (Lipinski definition) is 7. The summed E-state index contributed by atoms with van der Waals surface area (Å²) in [5.74, 6) is -1.37. The van der Waals surface area contributed by atoms with E-state index in [1.807, 2.05) is 32.0 Å². The van der Waals surface area contributed by atoms with Gasteiger partial charge >= 0.3 is 0 Å². The third kappa shape index (κ3) is 6.03.